The first-order chi connectivity index (χ1) is 6.56. The van der Waals surface area contributed by atoms with Gasteiger partial charge in [-0.1, -0.05) is 6.07 Å². The van der Waals surface area contributed by atoms with Crippen molar-refractivity contribution in [3.8, 4) is 0 Å². The van der Waals surface area contributed by atoms with Crippen LogP contribution < -0.4 is 5.32 Å². The van der Waals surface area contributed by atoms with Crippen LogP contribution in [0.2, 0.25) is 0 Å². The van der Waals surface area contributed by atoms with Gasteiger partial charge in [-0.05, 0) is 32.9 Å². The van der Waals surface area contributed by atoms with E-state index in [9.17, 15) is 5.11 Å². The number of hydrogen-bond acceptors (Lipinski definition) is 3. The Morgan fingerprint density at radius 2 is 2.29 bits per heavy atom. The SMILES string of the molecule is CC1(C)NCCC1(O)c1cccnc1. The minimum Gasteiger partial charge on any atom is -0.383 e. The van der Waals surface area contributed by atoms with Crippen molar-refractivity contribution in [3.63, 3.8) is 0 Å². The van der Waals surface area contributed by atoms with Crippen molar-refractivity contribution >= 4 is 0 Å². The second kappa shape index (κ2) is 3.04. The molecule has 2 rings (SSSR count). The summed E-state index contributed by atoms with van der Waals surface area (Å²) in [5.74, 6) is 0. The predicted octanol–water partition coefficient (Wildman–Crippen LogP) is 1.04. The van der Waals surface area contributed by atoms with Crippen LogP contribution in [0.3, 0.4) is 0 Å². The van der Waals surface area contributed by atoms with E-state index in [-0.39, 0.29) is 5.54 Å². The van der Waals surface area contributed by atoms with Crippen molar-refractivity contribution < 1.29 is 5.11 Å². The largest absolute Gasteiger partial charge is 0.383 e. The molecule has 0 aromatic carbocycles. The fourth-order valence-electron chi connectivity index (χ4n) is 2.13. The molecule has 1 unspecified atom stereocenters. The van der Waals surface area contributed by atoms with E-state index in [0.717, 1.165) is 18.5 Å². The zero-order valence-corrected chi connectivity index (χ0v) is 8.62. The summed E-state index contributed by atoms with van der Waals surface area (Å²) in [6.07, 6.45) is 4.21. The van der Waals surface area contributed by atoms with E-state index in [0.29, 0.717) is 0 Å². The molecule has 14 heavy (non-hydrogen) atoms. The zero-order valence-electron chi connectivity index (χ0n) is 8.62. The molecule has 0 bridgehead atoms. The molecule has 2 N–H and O–H groups in total. The molecule has 0 saturated carbocycles. The zero-order chi connectivity index (χ0) is 10.2. The lowest BCUT2D eigenvalue weighted by Crippen LogP contribution is -2.49. The van der Waals surface area contributed by atoms with Gasteiger partial charge in [-0.3, -0.25) is 4.98 Å². The van der Waals surface area contributed by atoms with Gasteiger partial charge in [0, 0.05) is 23.5 Å². The molecule has 1 saturated heterocycles. The highest BCUT2D eigenvalue weighted by Gasteiger charge is 2.48. The maximum absolute atomic E-state index is 10.6. The number of nitrogens with one attached hydrogen (secondary N) is 1. The van der Waals surface area contributed by atoms with Gasteiger partial charge in [-0.25, -0.2) is 0 Å². The van der Waals surface area contributed by atoms with Crippen molar-refractivity contribution in [1.82, 2.24) is 10.3 Å². The Morgan fingerprint density at radius 1 is 1.50 bits per heavy atom. The normalized spacial score (nSPS) is 30.5. The Hall–Kier alpha value is -0.930. The first-order valence-electron chi connectivity index (χ1n) is 4.94. The average Bonchev–Trinajstić information content (AvgIpc) is 2.44. The van der Waals surface area contributed by atoms with Gasteiger partial charge in [-0.2, -0.15) is 0 Å². The Balaban J connectivity index is 2.42. The monoisotopic (exact) mass is 192 g/mol. The highest BCUT2D eigenvalue weighted by atomic mass is 16.3. The highest BCUT2D eigenvalue weighted by Crippen LogP contribution is 2.39. The fraction of sp³-hybridized carbons (Fsp3) is 0.545. The third-order valence-electron chi connectivity index (χ3n) is 3.23. The average molecular weight is 192 g/mol. The molecular weight excluding hydrogens is 176 g/mol. The molecule has 0 radical (unpaired) electrons. The second-order valence-corrected chi connectivity index (χ2v) is 4.40. The van der Waals surface area contributed by atoms with Crippen LogP contribution in [0, 0.1) is 0 Å². The maximum atomic E-state index is 10.6. The van der Waals surface area contributed by atoms with Crippen molar-refractivity contribution in [2.75, 3.05) is 6.54 Å². The van der Waals surface area contributed by atoms with E-state index in [2.05, 4.69) is 10.3 Å². The fourth-order valence-corrected chi connectivity index (χ4v) is 2.13. The smallest absolute Gasteiger partial charge is 0.110 e. The van der Waals surface area contributed by atoms with Crippen LogP contribution in [-0.4, -0.2) is 22.2 Å². The minimum absolute atomic E-state index is 0.282. The highest BCUT2D eigenvalue weighted by molar-refractivity contribution is 5.25. The summed E-state index contributed by atoms with van der Waals surface area (Å²) in [5, 5.41) is 13.9. The van der Waals surface area contributed by atoms with Crippen molar-refractivity contribution in [1.29, 1.82) is 0 Å². The number of nitrogens with zero attached hydrogens (tertiary/aromatic N) is 1. The molecule has 1 aromatic rings. The van der Waals surface area contributed by atoms with Gasteiger partial charge in [0.15, 0.2) is 0 Å². The van der Waals surface area contributed by atoms with E-state index in [1.54, 1.807) is 12.4 Å². The third kappa shape index (κ3) is 1.24. The lowest BCUT2D eigenvalue weighted by molar-refractivity contribution is -0.0127. The molecule has 3 heteroatoms. The van der Waals surface area contributed by atoms with Crippen LogP contribution in [0.15, 0.2) is 24.5 Å². The molecule has 2 heterocycles. The molecule has 1 aromatic heterocycles. The van der Waals surface area contributed by atoms with Crippen LogP contribution in [0.25, 0.3) is 0 Å². The number of aromatic nitrogens is 1. The summed E-state index contributed by atoms with van der Waals surface area (Å²) >= 11 is 0. The molecule has 76 valence electrons. The van der Waals surface area contributed by atoms with Gasteiger partial charge < -0.3 is 10.4 Å². The first kappa shape index (κ1) is 9.62. The second-order valence-electron chi connectivity index (χ2n) is 4.40. The molecular formula is C11H16N2O. The van der Waals surface area contributed by atoms with Crippen molar-refractivity contribution in [2.45, 2.75) is 31.4 Å². The van der Waals surface area contributed by atoms with Crippen LogP contribution in [0.4, 0.5) is 0 Å². The molecule has 0 spiro atoms. The molecule has 3 nitrogen and oxygen atoms in total. The van der Waals surface area contributed by atoms with E-state index >= 15 is 0 Å². The maximum Gasteiger partial charge on any atom is 0.110 e. The van der Waals surface area contributed by atoms with Crippen LogP contribution in [0.5, 0.6) is 0 Å². The molecule has 1 aliphatic heterocycles. The van der Waals surface area contributed by atoms with Gasteiger partial charge in [0.1, 0.15) is 5.60 Å². The summed E-state index contributed by atoms with van der Waals surface area (Å²) in [6, 6.07) is 3.80. The lowest BCUT2D eigenvalue weighted by Gasteiger charge is -2.36. The molecule has 1 atom stereocenters. The van der Waals surface area contributed by atoms with Crippen molar-refractivity contribution in [2.24, 2.45) is 0 Å². The third-order valence-corrected chi connectivity index (χ3v) is 3.23. The van der Waals surface area contributed by atoms with Crippen molar-refractivity contribution in [3.05, 3.63) is 30.1 Å². The Labute approximate surface area is 84.2 Å². The Morgan fingerprint density at radius 3 is 2.79 bits per heavy atom. The van der Waals surface area contributed by atoms with Crippen LogP contribution >= 0.6 is 0 Å². The number of pyridine rings is 1. The van der Waals surface area contributed by atoms with E-state index in [1.807, 2.05) is 26.0 Å². The molecule has 1 fully saturated rings. The predicted molar refractivity (Wildman–Crippen MR) is 54.8 cm³/mol. The number of hydrogen-bond donors (Lipinski definition) is 2. The molecule has 1 aliphatic rings. The number of rotatable bonds is 1. The first-order valence-corrected chi connectivity index (χ1v) is 4.94. The topological polar surface area (TPSA) is 45.1 Å². The molecule has 0 aliphatic carbocycles. The van der Waals surface area contributed by atoms with Crippen LogP contribution in [-0.2, 0) is 5.60 Å². The van der Waals surface area contributed by atoms with E-state index in [1.165, 1.54) is 0 Å². The van der Waals surface area contributed by atoms with Gasteiger partial charge in [0.2, 0.25) is 0 Å². The van der Waals surface area contributed by atoms with E-state index in [4.69, 9.17) is 0 Å². The minimum atomic E-state index is -0.790. The lowest BCUT2D eigenvalue weighted by atomic mass is 9.79. The van der Waals surface area contributed by atoms with Gasteiger partial charge in [0.05, 0.1) is 0 Å². The van der Waals surface area contributed by atoms with Gasteiger partial charge in [-0.15, -0.1) is 0 Å². The summed E-state index contributed by atoms with van der Waals surface area (Å²) in [6.45, 7) is 4.89. The summed E-state index contributed by atoms with van der Waals surface area (Å²) < 4.78 is 0. The number of aliphatic hydroxyl groups is 1. The quantitative estimate of drug-likeness (QED) is 0.699. The summed E-state index contributed by atoms with van der Waals surface area (Å²) in [5.41, 5.74) is -0.174. The van der Waals surface area contributed by atoms with Crippen LogP contribution in [0.1, 0.15) is 25.8 Å². The standard InChI is InChI=1S/C11H16N2O/c1-10(2)11(14,5-7-13-10)9-4-3-6-12-8-9/h3-4,6,8,13-14H,5,7H2,1-2H3. The Kier molecular flexibility index (Phi) is 2.09. The summed E-state index contributed by atoms with van der Waals surface area (Å²) in [7, 11) is 0. The van der Waals surface area contributed by atoms with Gasteiger partial charge >= 0.3 is 0 Å². The van der Waals surface area contributed by atoms with Gasteiger partial charge in [0.25, 0.3) is 0 Å². The Bertz CT molecular complexity index is 323. The summed E-state index contributed by atoms with van der Waals surface area (Å²) in [4.78, 5) is 4.05. The van der Waals surface area contributed by atoms with E-state index < -0.39 is 5.60 Å². The molecule has 0 amide bonds.